The molecule has 2 N–H and O–H groups in total. The Morgan fingerprint density at radius 3 is 2.50 bits per heavy atom. The van der Waals surface area contributed by atoms with Crippen LogP contribution in [0.2, 0.25) is 0 Å². The van der Waals surface area contributed by atoms with Crippen molar-refractivity contribution in [2.24, 2.45) is 11.7 Å². The van der Waals surface area contributed by atoms with E-state index in [1.165, 1.54) is 25.7 Å². The van der Waals surface area contributed by atoms with Crippen molar-refractivity contribution >= 4 is 5.91 Å². The zero-order chi connectivity index (χ0) is 13.9. The van der Waals surface area contributed by atoms with Crippen LogP contribution in [0.4, 0.5) is 0 Å². The van der Waals surface area contributed by atoms with E-state index in [1.54, 1.807) is 0 Å². The van der Waals surface area contributed by atoms with Gasteiger partial charge in [-0.05, 0) is 43.6 Å². The van der Waals surface area contributed by atoms with Gasteiger partial charge in [0.2, 0.25) is 5.91 Å². The first kappa shape index (κ1) is 13.6. The minimum absolute atomic E-state index is 0.0258. The van der Waals surface area contributed by atoms with E-state index in [4.69, 9.17) is 5.73 Å². The third-order valence-electron chi connectivity index (χ3n) is 4.36. The van der Waals surface area contributed by atoms with Crippen molar-refractivity contribution in [3.05, 3.63) is 35.9 Å². The molecule has 0 saturated heterocycles. The van der Waals surface area contributed by atoms with Crippen molar-refractivity contribution in [2.45, 2.75) is 50.6 Å². The summed E-state index contributed by atoms with van der Waals surface area (Å²) in [6.45, 7) is 0.990. The highest BCUT2D eigenvalue weighted by Gasteiger charge is 2.36. The van der Waals surface area contributed by atoms with E-state index in [0.29, 0.717) is 18.4 Å². The molecular weight excluding hydrogens is 248 g/mol. The summed E-state index contributed by atoms with van der Waals surface area (Å²) in [5, 5.41) is 0. The number of nitrogens with two attached hydrogens (primary N) is 1. The topological polar surface area (TPSA) is 46.3 Å². The first-order valence-corrected chi connectivity index (χ1v) is 7.84. The summed E-state index contributed by atoms with van der Waals surface area (Å²) in [5.41, 5.74) is 7.30. The van der Waals surface area contributed by atoms with Gasteiger partial charge in [-0.25, -0.2) is 0 Å². The fourth-order valence-corrected chi connectivity index (χ4v) is 2.71. The van der Waals surface area contributed by atoms with Gasteiger partial charge in [0.1, 0.15) is 0 Å². The third kappa shape index (κ3) is 3.60. The predicted octanol–water partition coefficient (Wildman–Crippen LogP) is 2.87. The van der Waals surface area contributed by atoms with Gasteiger partial charge in [-0.1, -0.05) is 30.3 Å². The second-order valence-electron chi connectivity index (χ2n) is 6.28. The maximum absolute atomic E-state index is 12.4. The second kappa shape index (κ2) is 5.96. The van der Waals surface area contributed by atoms with Crippen molar-refractivity contribution in [3.63, 3.8) is 0 Å². The van der Waals surface area contributed by atoms with Gasteiger partial charge in [-0.15, -0.1) is 0 Å². The molecule has 2 fully saturated rings. The van der Waals surface area contributed by atoms with E-state index < -0.39 is 0 Å². The van der Waals surface area contributed by atoms with E-state index in [9.17, 15) is 4.79 Å². The Kier molecular flexibility index (Phi) is 4.06. The van der Waals surface area contributed by atoms with Crippen LogP contribution in [0.5, 0.6) is 0 Å². The first-order chi connectivity index (χ1) is 9.74. The van der Waals surface area contributed by atoms with Gasteiger partial charge >= 0.3 is 0 Å². The maximum atomic E-state index is 12.4. The Hall–Kier alpha value is -1.35. The van der Waals surface area contributed by atoms with Crippen LogP contribution < -0.4 is 5.73 Å². The molecule has 0 bridgehead atoms. The summed E-state index contributed by atoms with van der Waals surface area (Å²) in [5.74, 6) is 1.09. The number of hydrogen-bond acceptors (Lipinski definition) is 2. The average Bonchev–Trinajstić information content (AvgIpc) is 3.36. The number of benzene rings is 1. The standard InChI is InChI=1S/C17H24N2O/c18-16(14-4-2-1-3-5-14)10-11-17(20)19(15-8-9-15)12-13-6-7-13/h1-5,13,15-16H,6-12,18H2. The summed E-state index contributed by atoms with van der Waals surface area (Å²) >= 11 is 0. The van der Waals surface area contributed by atoms with Crippen LogP contribution in [-0.2, 0) is 4.79 Å². The molecule has 1 amide bonds. The Bertz CT molecular complexity index is 451. The lowest BCUT2D eigenvalue weighted by atomic mass is 10.0. The highest BCUT2D eigenvalue weighted by molar-refractivity contribution is 5.77. The maximum Gasteiger partial charge on any atom is 0.222 e. The molecule has 108 valence electrons. The van der Waals surface area contributed by atoms with Crippen molar-refractivity contribution < 1.29 is 4.79 Å². The lowest BCUT2D eigenvalue weighted by Gasteiger charge is -2.23. The molecule has 2 aliphatic rings. The van der Waals surface area contributed by atoms with E-state index in [1.807, 2.05) is 30.3 Å². The van der Waals surface area contributed by atoms with Crippen LogP contribution in [0.3, 0.4) is 0 Å². The van der Waals surface area contributed by atoms with Gasteiger partial charge in [0.25, 0.3) is 0 Å². The lowest BCUT2D eigenvalue weighted by Crippen LogP contribution is -2.35. The van der Waals surface area contributed by atoms with E-state index in [0.717, 1.165) is 24.4 Å². The number of rotatable bonds is 7. The molecular formula is C17H24N2O. The van der Waals surface area contributed by atoms with Gasteiger partial charge < -0.3 is 10.6 Å². The first-order valence-electron chi connectivity index (χ1n) is 7.84. The Morgan fingerprint density at radius 2 is 1.90 bits per heavy atom. The van der Waals surface area contributed by atoms with Crippen LogP contribution >= 0.6 is 0 Å². The Balaban J connectivity index is 1.50. The highest BCUT2D eigenvalue weighted by Crippen LogP contribution is 2.35. The van der Waals surface area contributed by atoms with Gasteiger partial charge in [0, 0.05) is 25.0 Å². The molecule has 3 nitrogen and oxygen atoms in total. The average molecular weight is 272 g/mol. The highest BCUT2D eigenvalue weighted by atomic mass is 16.2. The molecule has 0 aliphatic heterocycles. The van der Waals surface area contributed by atoms with Crippen LogP contribution in [0.25, 0.3) is 0 Å². The predicted molar refractivity (Wildman–Crippen MR) is 80.1 cm³/mol. The summed E-state index contributed by atoms with van der Waals surface area (Å²) in [7, 11) is 0. The van der Waals surface area contributed by atoms with Crippen molar-refractivity contribution in [2.75, 3.05) is 6.54 Å². The van der Waals surface area contributed by atoms with E-state index in [-0.39, 0.29) is 6.04 Å². The van der Waals surface area contributed by atoms with E-state index in [2.05, 4.69) is 4.90 Å². The lowest BCUT2D eigenvalue weighted by molar-refractivity contribution is -0.132. The molecule has 3 rings (SSSR count). The van der Waals surface area contributed by atoms with Crippen molar-refractivity contribution in [1.29, 1.82) is 0 Å². The van der Waals surface area contributed by atoms with Gasteiger partial charge in [-0.3, -0.25) is 4.79 Å². The number of amides is 1. The molecule has 1 aromatic carbocycles. The number of carbonyl (C=O) groups excluding carboxylic acids is 1. The minimum atomic E-state index is -0.0258. The fourth-order valence-electron chi connectivity index (χ4n) is 2.71. The van der Waals surface area contributed by atoms with Gasteiger partial charge in [0.05, 0.1) is 0 Å². The van der Waals surface area contributed by atoms with Crippen molar-refractivity contribution in [3.8, 4) is 0 Å². The summed E-state index contributed by atoms with van der Waals surface area (Å²) < 4.78 is 0. The fraction of sp³-hybridized carbons (Fsp3) is 0.588. The molecule has 3 heteroatoms. The third-order valence-corrected chi connectivity index (χ3v) is 4.36. The van der Waals surface area contributed by atoms with Gasteiger partial charge in [-0.2, -0.15) is 0 Å². The summed E-state index contributed by atoms with van der Waals surface area (Å²) in [6.07, 6.45) is 6.34. The minimum Gasteiger partial charge on any atom is -0.339 e. The number of nitrogens with zero attached hydrogens (tertiary/aromatic N) is 1. The molecule has 0 spiro atoms. The largest absolute Gasteiger partial charge is 0.339 e. The molecule has 2 saturated carbocycles. The van der Waals surface area contributed by atoms with Crippen LogP contribution in [-0.4, -0.2) is 23.4 Å². The molecule has 0 radical (unpaired) electrons. The molecule has 0 aromatic heterocycles. The molecule has 2 aliphatic carbocycles. The monoisotopic (exact) mass is 272 g/mol. The zero-order valence-corrected chi connectivity index (χ0v) is 12.0. The van der Waals surface area contributed by atoms with Crippen LogP contribution in [0, 0.1) is 5.92 Å². The van der Waals surface area contributed by atoms with E-state index >= 15 is 0 Å². The molecule has 1 aromatic rings. The molecule has 1 unspecified atom stereocenters. The van der Waals surface area contributed by atoms with Crippen LogP contribution in [0.1, 0.15) is 50.1 Å². The quantitative estimate of drug-likeness (QED) is 0.829. The van der Waals surface area contributed by atoms with Gasteiger partial charge in [0.15, 0.2) is 0 Å². The number of carbonyl (C=O) groups is 1. The summed E-state index contributed by atoms with van der Waals surface area (Å²) in [4.78, 5) is 14.5. The Morgan fingerprint density at radius 1 is 1.20 bits per heavy atom. The molecule has 1 atom stereocenters. The summed E-state index contributed by atoms with van der Waals surface area (Å²) in [6, 6.07) is 10.6. The number of hydrogen-bond donors (Lipinski definition) is 1. The Labute approximate surface area is 121 Å². The second-order valence-corrected chi connectivity index (χ2v) is 6.28. The van der Waals surface area contributed by atoms with Crippen LogP contribution in [0.15, 0.2) is 30.3 Å². The SMILES string of the molecule is NC(CCC(=O)N(CC1CC1)C1CC1)c1ccccc1. The smallest absolute Gasteiger partial charge is 0.222 e. The molecule has 20 heavy (non-hydrogen) atoms. The zero-order valence-electron chi connectivity index (χ0n) is 12.0. The normalized spacial score (nSPS) is 19.6. The van der Waals surface area contributed by atoms with Crippen molar-refractivity contribution in [1.82, 2.24) is 4.90 Å². The molecule has 0 heterocycles.